The van der Waals surface area contributed by atoms with Crippen LogP contribution in [0.15, 0.2) is 24.5 Å². The van der Waals surface area contributed by atoms with Crippen molar-refractivity contribution in [3.05, 3.63) is 24.5 Å². The minimum absolute atomic E-state index is 0.586. The van der Waals surface area contributed by atoms with Crippen LogP contribution in [0.4, 0.5) is 5.69 Å². The van der Waals surface area contributed by atoms with Gasteiger partial charge in [-0.15, -0.1) is 0 Å². The van der Waals surface area contributed by atoms with Crippen molar-refractivity contribution in [3.63, 3.8) is 0 Å². The summed E-state index contributed by atoms with van der Waals surface area (Å²) in [5.41, 5.74) is 1.29. The first-order chi connectivity index (χ1) is 7.20. The normalized spacial score (nSPS) is 14.7. The molecular formula is C13H22N2. The highest BCUT2D eigenvalue weighted by Gasteiger charge is 2.17. The molecule has 2 unspecified atom stereocenters. The Morgan fingerprint density at radius 1 is 1.07 bits per heavy atom. The van der Waals surface area contributed by atoms with Gasteiger partial charge in [-0.05, 0) is 38.8 Å². The average Bonchev–Trinajstić information content (AvgIpc) is 2.30. The third-order valence-corrected chi connectivity index (χ3v) is 3.09. The lowest BCUT2D eigenvalue weighted by atomic mass is 10.1. The van der Waals surface area contributed by atoms with Crippen LogP contribution < -0.4 is 4.90 Å². The largest absolute Gasteiger partial charge is 0.366 e. The predicted molar refractivity (Wildman–Crippen MR) is 66.2 cm³/mol. The molecule has 0 saturated heterocycles. The Hall–Kier alpha value is -1.05. The molecule has 0 N–H and O–H groups in total. The number of nitrogens with zero attached hydrogens (tertiary/aromatic N) is 2. The molecule has 15 heavy (non-hydrogen) atoms. The number of pyridine rings is 1. The molecule has 1 aromatic heterocycles. The zero-order valence-electron chi connectivity index (χ0n) is 10.3. The molecule has 2 heteroatoms. The smallest absolute Gasteiger partial charge is 0.0401 e. The van der Waals surface area contributed by atoms with Crippen molar-refractivity contribution in [1.29, 1.82) is 0 Å². The van der Waals surface area contributed by atoms with Gasteiger partial charge in [0.2, 0.25) is 0 Å². The number of hydrogen-bond acceptors (Lipinski definition) is 2. The van der Waals surface area contributed by atoms with Crippen LogP contribution in [0.2, 0.25) is 0 Å². The molecule has 1 rings (SSSR count). The second kappa shape index (κ2) is 5.74. The van der Waals surface area contributed by atoms with Crippen molar-refractivity contribution in [3.8, 4) is 0 Å². The Morgan fingerprint density at radius 3 is 1.93 bits per heavy atom. The summed E-state index contributed by atoms with van der Waals surface area (Å²) >= 11 is 0. The average molecular weight is 206 g/mol. The summed E-state index contributed by atoms with van der Waals surface area (Å²) < 4.78 is 0. The van der Waals surface area contributed by atoms with E-state index in [0.29, 0.717) is 12.1 Å². The Labute approximate surface area is 93.3 Å². The Balaban J connectivity index is 2.91. The molecule has 0 radical (unpaired) electrons. The zero-order chi connectivity index (χ0) is 11.3. The fourth-order valence-electron chi connectivity index (χ4n) is 1.85. The fraction of sp³-hybridized carbons (Fsp3) is 0.615. The predicted octanol–water partition coefficient (Wildman–Crippen LogP) is 3.49. The Morgan fingerprint density at radius 2 is 1.53 bits per heavy atom. The summed E-state index contributed by atoms with van der Waals surface area (Å²) in [7, 11) is 0. The van der Waals surface area contributed by atoms with E-state index in [-0.39, 0.29) is 0 Å². The van der Waals surface area contributed by atoms with Crippen LogP contribution in [0.25, 0.3) is 0 Å². The van der Waals surface area contributed by atoms with Gasteiger partial charge in [0, 0.05) is 30.2 Å². The summed E-state index contributed by atoms with van der Waals surface area (Å²) in [6.07, 6.45) is 6.08. The minimum Gasteiger partial charge on any atom is -0.366 e. The van der Waals surface area contributed by atoms with Gasteiger partial charge in [0.15, 0.2) is 0 Å². The Bertz CT molecular complexity index is 261. The molecular weight excluding hydrogens is 184 g/mol. The van der Waals surface area contributed by atoms with Crippen LogP contribution in [0.5, 0.6) is 0 Å². The van der Waals surface area contributed by atoms with Crippen molar-refractivity contribution in [1.82, 2.24) is 4.98 Å². The molecule has 1 heterocycles. The Kier molecular flexibility index (Phi) is 4.60. The van der Waals surface area contributed by atoms with Gasteiger partial charge in [0.05, 0.1) is 0 Å². The lowest BCUT2D eigenvalue weighted by Gasteiger charge is -2.36. The summed E-state index contributed by atoms with van der Waals surface area (Å²) in [6, 6.07) is 5.36. The topological polar surface area (TPSA) is 16.1 Å². The lowest BCUT2D eigenvalue weighted by Crippen LogP contribution is -2.39. The molecule has 2 atom stereocenters. The SMILES string of the molecule is CCC(C)N(c1ccncc1)C(C)CC. The number of hydrogen-bond donors (Lipinski definition) is 0. The van der Waals surface area contributed by atoms with Crippen LogP contribution >= 0.6 is 0 Å². The molecule has 0 amide bonds. The molecule has 0 aliphatic heterocycles. The van der Waals surface area contributed by atoms with Gasteiger partial charge in [-0.3, -0.25) is 4.98 Å². The summed E-state index contributed by atoms with van der Waals surface area (Å²) in [5.74, 6) is 0. The number of anilines is 1. The molecule has 0 bridgehead atoms. The molecule has 0 spiro atoms. The van der Waals surface area contributed by atoms with Crippen molar-refractivity contribution in [2.24, 2.45) is 0 Å². The van der Waals surface area contributed by atoms with Gasteiger partial charge in [-0.2, -0.15) is 0 Å². The maximum atomic E-state index is 4.07. The van der Waals surface area contributed by atoms with Crippen molar-refractivity contribution >= 4 is 5.69 Å². The van der Waals surface area contributed by atoms with Crippen LogP contribution in [-0.2, 0) is 0 Å². The van der Waals surface area contributed by atoms with Crippen molar-refractivity contribution < 1.29 is 0 Å². The molecule has 0 aliphatic rings. The second-order valence-corrected chi connectivity index (χ2v) is 4.13. The van der Waals surface area contributed by atoms with Crippen LogP contribution in [-0.4, -0.2) is 17.1 Å². The maximum absolute atomic E-state index is 4.07. The summed E-state index contributed by atoms with van der Waals surface area (Å²) in [6.45, 7) is 9.04. The lowest BCUT2D eigenvalue weighted by molar-refractivity contribution is 0.527. The monoisotopic (exact) mass is 206 g/mol. The van der Waals surface area contributed by atoms with E-state index < -0.39 is 0 Å². The van der Waals surface area contributed by atoms with E-state index in [1.807, 2.05) is 12.4 Å². The highest BCUT2D eigenvalue weighted by Crippen LogP contribution is 2.21. The van der Waals surface area contributed by atoms with Crippen LogP contribution in [0.3, 0.4) is 0 Å². The van der Waals surface area contributed by atoms with E-state index in [4.69, 9.17) is 0 Å². The minimum atomic E-state index is 0.586. The number of aromatic nitrogens is 1. The van der Waals surface area contributed by atoms with Crippen molar-refractivity contribution in [2.75, 3.05) is 4.90 Å². The number of rotatable bonds is 5. The van der Waals surface area contributed by atoms with E-state index in [9.17, 15) is 0 Å². The van der Waals surface area contributed by atoms with E-state index in [2.05, 4.69) is 49.7 Å². The zero-order valence-corrected chi connectivity index (χ0v) is 10.3. The van der Waals surface area contributed by atoms with Gasteiger partial charge in [0.1, 0.15) is 0 Å². The summed E-state index contributed by atoms with van der Waals surface area (Å²) in [5, 5.41) is 0. The first-order valence-electron chi connectivity index (χ1n) is 5.89. The standard InChI is InChI=1S/C13H22N2/c1-5-11(3)15(12(4)6-2)13-7-9-14-10-8-13/h7-12H,5-6H2,1-4H3. The molecule has 0 fully saturated rings. The van der Waals surface area contributed by atoms with Gasteiger partial charge in [-0.1, -0.05) is 13.8 Å². The quantitative estimate of drug-likeness (QED) is 0.733. The first-order valence-corrected chi connectivity index (χ1v) is 5.89. The molecule has 0 aliphatic carbocycles. The van der Waals surface area contributed by atoms with Gasteiger partial charge >= 0.3 is 0 Å². The molecule has 2 nitrogen and oxygen atoms in total. The maximum Gasteiger partial charge on any atom is 0.0401 e. The van der Waals surface area contributed by atoms with Gasteiger partial charge in [-0.25, -0.2) is 0 Å². The second-order valence-electron chi connectivity index (χ2n) is 4.13. The molecule has 84 valence electrons. The van der Waals surface area contributed by atoms with Gasteiger partial charge in [0.25, 0.3) is 0 Å². The van der Waals surface area contributed by atoms with Gasteiger partial charge < -0.3 is 4.90 Å². The fourth-order valence-corrected chi connectivity index (χ4v) is 1.85. The van der Waals surface area contributed by atoms with Crippen LogP contribution in [0.1, 0.15) is 40.5 Å². The van der Waals surface area contributed by atoms with Crippen molar-refractivity contribution in [2.45, 2.75) is 52.6 Å². The third-order valence-electron chi connectivity index (χ3n) is 3.09. The first kappa shape index (κ1) is 12.0. The van der Waals surface area contributed by atoms with E-state index in [0.717, 1.165) is 0 Å². The highest BCUT2D eigenvalue weighted by atomic mass is 15.2. The van der Waals surface area contributed by atoms with E-state index >= 15 is 0 Å². The van der Waals surface area contributed by atoms with E-state index in [1.165, 1.54) is 18.5 Å². The third kappa shape index (κ3) is 2.95. The van der Waals surface area contributed by atoms with E-state index in [1.54, 1.807) is 0 Å². The summed E-state index contributed by atoms with van der Waals surface area (Å²) in [4.78, 5) is 6.56. The molecule has 0 saturated carbocycles. The van der Waals surface area contributed by atoms with Crippen LogP contribution in [0, 0.1) is 0 Å². The molecule has 0 aromatic carbocycles. The highest BCUT2D eigenvalue weighted by molar-refractivity contribution is 5.46. The molecule has 1 aromatic rings.